The first kappa shape index (κ1) is 113. The van der Waals surface area contributed by atoms with E-state index in [0.29, 0.717) is 37.3 Å². The Kier molecular flexibility index (Phi) is 45.0. The molecule has 8 aromatic rings. The van der Waals surface area contributed by atoms with Crippen molar-refractivity contribution in [1.29, 1.82) is 0 Å². The smallest absolute Gasteiger partial charge is 0.460 e. The number of thioether (sulfide) groups is 1. The Morgan fingerprint density at radius 2 is 0.824 bits per heavy atom. The molecule has 46 nitrogen and oxygen atoms in total. The fraction of sp³-hybridized carbons (Fsp3) is 0.441. The van der Waals surface area contributed by atoms with Crippen molar-refractivity contribution in [3.63, 3.8) is 0 Å². The van der Waals surface area contributed by atoms with E-state index in [-0.39, 0.29) is 204 Å². The number of carbonyl (C=O) groups excluding carboxylic acids is 10. The second-order valence-electron chi connectivity index (χ2n) is 31.5. The van der Waals surface area contributed by atoms with Gasteiger partial charge in [0.15, 0.2) is 57.7 Å². The van der Waals surface area contributed by atoms with Gasteiger partial charge in [0.2, 0.25) is 24.4 Å². The summed E-state index contributed by atoms with van der Waals surface area (Å²) in [4.78, 5) is 124. The zero-order valence-electron chi connectivity index (χ0n) is 77.8. The molecule has 0 aliphatic carbocycles. The van der Waals surface area contributed by atoms with E-state index in [1.807, 2.05) is 13.8 Å². The van der Waals surface area contributed by atoms with Gasteiger partial charge in [-0.15, -0.1) is 27.0 Å². The van der Waals surface area contributed by atoms with Crippen molar-refractivity contribution in [2.24, 2.45) is 11.5 Å². The molecule has 2 aromatic heterocycles. The highest BCUT2D eigenvalue weighted by molar-refractivity contribution is 7.99. The molecular formula is C93H112N8O38S3. The van der Waals surface area contributed by atoms with Gasteiger partial charge in [-0.25, -0.2) is 19.0 Å². The minimum Gasteiger partial charge on any atom is -0.460 e. The van der Waals surface area contributed by atoms with E-state index in [1.165, 1.54) is 98.8 Å². The summed E-state index contributed by atoms with van der Waals surface area (Å²) in [6.45, 7) is 7.23. The Bertz CT molecular complexity index is 5840. The van der Waals surface area contributed by atoms with E-state index in [0.717, 1.165) is 47.2 Å². The van der Waals surface area contributed by atoms with Crippen molar-refractivity contribution in [2.45, 2.75) is 166 Å². The molecule has 0 spiro atoms. The minimum atomic E-state index is -4.84. The Balaban J connectivity index is 0.000000317. The van der Waals surface area contributed by atoms with E-state index in [9.17, 15) is 106 Å². The van der Waals surface area contributed by atoms with Gasteiger partial charge in [-0.2, -0.15) is 11.8 Å². The number of hydrogen-bond donors (Lipinski definition) is 10. The molecule has 2 saturated heterocycles. The van der Waals surface area contributed by atoms with Crippen LogP contribution < -0.4 is 37.7 Å². The molecule has 0 saturated carbocycles. The van der Waals surface area contributed by atoms with E-state index in [1.54, 1.807) is 52.3 Å². The summed E-state index contributed by atoms with van der Waals surface area (Å²) in [5.41, 5.74) is 13.7. The van der Waals surface area contributed by atoms with Crippen molar-refractivity contribution in [2.75, 3.05) is 98.8 Å². The fourth-order valence-electron chi connectivity index (χ4n) is 13.2. The highest BCUT2D eigenvalue weighted by Crippen LogP contribution is 2.37. The van der Waals surface area contributed by atoms with Crippen LogP contribution in [0.3, 0.4) is 0 Å². The average molecular weight is 2050 g/mol. The quantitative estimate of drug-likeness (QED) is 0.0113. The second-order valence-corrected chi connectivity index (χ2v) is 34.8. The standard InChI is InChI=1S/C47H58N4O19S2.C46H54N4O19S/c1-4-29-7-10-35(11-8-29)69-72(61,62)70-39-23-30(9-12-38(39)67-47-44(58)43(57)42(56)40(26-52)68-47)36(54)6-5-14-63-15-13-51-25-34(49-50-51)27-65-17-16-64-18-19-66-46(60)33-21-31(28(2)53)20-32(22-33)37(55)24-41(71-3)45(48)59;1-3-29-6-9-35(10-7-29)68-70(60,61)69-39-24-30(8-12-38(39)66-46-44(58)43(57)42(56)40(26-51)67-46)36(53)5-4-15-62-16-14-50-25-34(48-49-50)27-64-18-17-63-19-20-65-45(59)33-22-31(28(2)52)21-32(23-33)37(54)11-13-41(47)55/h7-12,20-23,25,40-44,47,52,56-58H,4-6,13-19,24,26-27H2,1-3H3,(H2,48,59);6-13,21-25,40,42-44,46,51,56-58H,3-5,14-20,26-27H2,1-2H3,(H2,47,55)/b;13-11+/t40-,41?,42+,43+,44-,47?;40-,42+,43+,44-,46?/m11/s1. The predicted octanol–water partition coefficient (Wildman–Crippen LogP) is 3.00. The van der Waals surface area contributed by atoms with E-state index < -0.39 is 159 Å². The lowest BCUT2D eigenvalue weighted by atomic mass is 9.98. The summed E-state index contributed by atoms with van der Waals surface area (Å²) in [6, 6.07) is 27.5. The van der Waals surface area contributed by atoms with Crippen LogP contribution in [0.15, 0.2) is 146 Å². The molecule has 10 rings (SSSR count). The third-order valence-electron chi connectivity index (χ3n) is 20.9. The van der Waals surface area contributed by atoms with Crippen LogP contribution in [0.2, 0.25) is 0 Å². The van der Waals surface area contributed by atoms with E-state index in [2.05, 4.69) is 20.6 Å². The van der Waals surface area contributed by atoms with Crippen LogP contribution in [0.4, 0.5) is 0 Å². The lowest BCUT2D eigenvalue weighted by Gasteiger charge is -2.39. The van der Waals surface area contributed by atoms with Crippen LogP contribution in [0.25, 0.3) is 0 Å². The van der Waals surface area contributed by atoms with Gasteiger partial charge in [0.1, 0.15) is 84.9 Å². The highest BCUT2D eigenvalue weighted by atomic mass is 32.3. The largest absolute Gasteiger partial charge is 0.501 e. The Hall–Kier alpha value is -12.3. The number of ketones is 6. The van der Waals surface area contributed by atoms with Crippen LogP contribution in [-0.2, 0) is 117 Å². The third kappa shape index (κ3) is 36.0. The molecular weight excluding hydrogens is 1930 g/mol. The number of allylic oxidation sites excluding steroid dienone is 1. The number of benzene rings is 6. The van der Waals surface area contributed by atoms with Gasteiger partial charge >= 0.3 is 32.7 Å². The Labute approximate surface area is 819 Å². The number of nitrogens with zero attached hydrogens (tertiary/aromatic N) is 6. The number of primary amides is 2. The maximum absolute atomic E-state index is 13.3. The minimum absolute atomic E-state index is 0.00107. The molecule has 770 valence electrons. The molecule has 142 heavy (non-hydrogen) atoms. The van der Waals surface area contributed by atoms with Crippen LogP contribution in [-0.4, -0.2) is 312 Å². The van der Waals surface area contributed by atoms with Gasteiger partial charge in [-0.1, -0.05) is 48.5 Å². The monoisotopic (exact) mass is 2040 g/mol. The van der Waals surface area contributed by atoms with Crippen LogP contribution in [0.1, 0.15) is 165 Å². The molecule has 3 unspecified atom stereocenters. The van der Waals surface area contributed by atoms with Gasteiger partial charge in [0.25, 0.3) is 0 Å². The number of aromatic nitrogens is 6. The molecule has 12 N–H and O–H groups in total. The van der Waals surface area contributed by atoms with Crippen molar-refractivity contribution in [3.05, 3.63) is 213 Å². The van der Waals surface area contributed by atoms with Crippen molar-refractivity contribution in [3.8, 4) is 34.5 Å². The normalized spacial score (nSPS) is 18.1. The molecule has 2 amide bonds. The number of esters is 2. The fourth-order valence-corrected chi connectivity index (χ4v) is 15.2. The first-order chi connectivity index (χ1) is 67.9. The van der Waals surface area contributed by atoms with E-state index in [4.69, 9.17) is 85.0 Å². The number of ether oxygens (including phenoxy) is 12. The maximum Gasteiger partial charge on any atom is 0.501 e. The number of aryl methyl sites for hydroxylation is 2. The van der Waals surface area contributed by atoms with Gasteiger partial charge in [0, 0.05) is 71.9 Å². The summed E-state index contributed by atoms with van der Waals surface area (Å²) in [6.07, 6.45) is -8.09. The molecule has 6 aromatic carbocycles. The second kappa shape index (κ2) is 56.5. The SMILES string of the molecule is CCc1ccc(OS(=O)(=O)Oc2cc(C(=O)CCCOCCn3cc(COCCOCCOC(=O)c4cc(C(C)=O)cc(C(=O)/C=C/C(N)=O)c4)nn3)ccc2OC2O[C@H](CO)[C@H](O)[C@H](O)[C@H]2O)cc1.CCc1ccc(OS(=O)(=O)Oc2cc(C(=O)CCCOCCn3cc(COCCOCCOC(=O)c4cc(C(C)=O)cc(C(=O)CC(SC)C(N)=O)c4)nn3)ccc2OC2O[C@H](CO)[C@H](O)[C@H](O)[C@H]2O)cc1. The van der Waals surface area contributed by atoms with Crippen LogP contribution >= 0.6 is 11.8 Å². The molecule has 49 heteroatoms. The number of aliphatic hydroxyl groups is 8. The highest BCUT2D eigenvalue weighted by Gasteiger charge is 2.47. The number of Topliss-reactive ketones (excluding diaryl/α,β-unsaturated/α-hetero) is 5. The molecule has 2 fully saturated rings. The molecule has 0 bridgehead atoms. The molecule has 0 radical (unpaired) electrons. The van der Waals surface area contributed by atoms with E-state index >= 15 is 0 Å². The maximum atomic E-state index is 13.3. The lowest BCUT2D eigenvalue weighted by molar-refractivity contribution is -0.277. The number of hydrogen-bond acceptors (Lipinski definition) is 43. The molecule has 2 aliphatic heterocycles. The van der Waals surface area contributed by atoms with Crippen LogP contribution in [0.5, 0.6) is 34.5 Å². The first-order valence-electron chi connectivity index (χ1n) is 44.4. The summed E-state index contributed by atoms with van der Waals surface area (Å²) >= 11 is 1.13. The average Bonchev–Trinajstić information content (AvgIpc) is 1.04. The zero-order chi connectivity index (χ0) is 103. The summed E-state index contributed by atoms with van der Waals surface area (Å²) < 4.78 is 142. The Morgan fingerprint density at radius 1 is 0.437 bits per heavy atom. The number of rotatable bonds is 60. The van der Waals surface area contributed by atoms with Crippen LogP contribution in [0, 0.1) is 0 Å². The number of aliphatic hydroxyl groups excluding tert-OH is 8. The van der Waals surface area contributed by atoms with Gasteiger partial charge in [-0.3, -0.25) is 38.4 Å². The van der Waals surface area contributed by atoms with Gasteiger partial charge in [-0.05, 0) is 160 Å². The number of carbonyl (C=O) groups is 10. The molecule has 4 heterocycles. The topological polar surface area (TPSA) is 662 Å². The number of nitrogens with two attached hydrogens (primary N) is 2. The third-order valence-corrected chi connectivity index (χ3v) is 23.5. The van der Waals surface area contributed by atoms with Crippen molar-refractivity contribution < 1.29 is 179 Å². The van der Waals surface area contributed by atoms with Crippen molar-refractivity contribution in [1.82, 2.24) is 30.0 Å². The van der Waals surface area contributed by atoms with Crippen molar-refractivity contribution >= 4 is 91.0 Å². The summed E-state index contributed by atoms with van der Waals surface area (Å²) in [7, 11) is -9.68. The molecule has 11 atom stereocenters. The van der Waals surface area contributed by atoms with Gasteiger partial charge < -0.3 is 126 Å². The molecule has 2 aliphatic rings. The lowest BCUT2D eigenvalue weighted by Crippen LogP contribution is -2.60. The summed E-state index contributed by atoms with van der Waals surface area (Å²) in [5.74, 6) is -7.51. The number of amides is 2. The summed E-state index contributed by atoms with van der Waals surface area (Å²) in [5, 5.41) is 96.5. The predicted molar refractivity (Wildman–Crippen MR) is 495 cm³/mol. The Morgan fingerprint density at radius 3 is 1.22 bits per heavy atom. The first-order valence-corrected chi connectivity index (χ1v) is 48.4. The zero-order valence-corrected chi connectivity index (χ0v) is 80.2. The van der Waals surface area contributed by atoms with Gasteiger partial charge in [0.05, 0.1) is 121 Å².